The first-order valence-electron chi connectivity index (χ1n) is 5.03. The van der Waals surface area contributed by atoms with Crippen LogP contribution in [0.15, 0.2) is 30.5 Å². The molecule has 2 aromatic heterocycles. The van der Waals surface area contributed by atoms with Gasteiger partial charge in [0.25, 0.3) is 0 Å². The maximum atomic E-state index is 13.0. The predicted octanol–water partition coefficient (Wildman–Crippen LogP) is 3.62. The van der Waals surface area contributed by atoms with Crippen LogP contribution in [0.5, 0.6) is 0 Å². The van der Waals surface area contributed by atoms with Gasteiger partial charge in [-0.05, 0) is 18.2 Å². The molecule has 3 aromatic rings. The number of nitrogens with zero attached hydrogens (tertiary/aromatic N) is 3. The molecule has 0 saturated heterocycles. The SMILES string of the molecule is Fc1cc(Nc2c(Cl)ccc3nsnc23)ccn1. The van der Waals surface area contributed by atoms with Crippen LogP contribution in [0.25, 0.3) is 11.0 Å². The van der Waals surface area contributed by atoms with E-state index in [1.807, 2.05) is 0 Å². The zero-order valence-corrected chi connectivity index (χ0v) is 10.5. The van der Waals surface area contributed by atoms with Crippen molar-refractivity contribution in [1.29, 1.82) is 0 Å². The first kappa shape index (κ1) is 11.3. The molecule has 90 valence electrons. The van der Waals surface area contributed by atoms with Gasteiger partial charge in [0.05, 0.1) is 22.4 Å². The van der Waals surface area contributed by atoms with E-state index in [0.717, 1.165) is 17.2 Å². The van der Waals surface area contributed by atoms with E-state index in [-0.39, 0.29) is 0 Å². The van der Waals surface area contributed by atoms with Crippen LogP contribution in [0.1, 0.15) is 0 Å². The van der Waals surface area contributed by atoms with Crippen molar-refractivity contribution in [3.8, 4) is 0 Å². The van der Waals surface area contributed by atoms with E-state index < -0.39 is 5.95 Å². The Morgan fingerprint density at radius 1 is 1.22 bits per heavy atom. The second-order valence-electron chi connectivity index (χ2n) is 3.55. The highest BCUT2D eigenvalue weighted by molar-refractivity contribution is 7.00. The van der Waals surface area contributed by atoms with E-state index in [1.54, 1.807) is 18.2 Å². The largest absolute Gasteiger partial charge is 0.352 e. The monoisotopic (exact) mass is 280 g/mol. The fourth-order valence-corrected chi connectivity index (χ4v) is 2.31. The number of fused-ring (bicyclic) bond motifs is 1. The van der Waals surface area contributed by atoms with Crippen molar-refractivity contribution in [1.82, 2.24) is 13.7 Å². The topological polar surface area (TPSA) is 50.7 Å². The molecule has 0 fully saturated rings. The summed E-state index contributed by atoms with van der Waals surface area (Å²) in [7, 11) is 0. The Labute approximate surface area is 111 Å². The van der Waals surface area contributed by atoms with Gasteiger partial charge in [0.2, 0.25) is 5.95 Å². The van der Waals surface area contributed by atoms with Gasteiger partial charge in [-0.3, -0.25) is 0 Å². The Morgan fingerprint density at radius 2 is 2.11 bits per heavy atom. The fourth-order valence-electron chi connectivity index (χ4n) is 1.57. The fraction of sp³-hybridized carbons (Fsp3) is 0. The van der Waals surface area contributed by atoms with E-state index in [4.69, 9.17) is 11.6 Å². The maximum Gasteiger partial charge on any atom is 0.214 e. The zero-order chi connectivity index (χ0) is 12.5. The number of hydrogen-bond donors (Lipinski definition) is 1. The third-order valence-corrected chi connectivity index (χ3v) is 3.23. The summed E-state index contributed by atoms with van der Waals surface area (Å²) in [6.45, 7) is 0. The van der Waals surface area contributed by atoms with Crippen molar-refractivity contribution in [2.45, 2.75) is 0 Å². The summed E-state index contributed by atoms with van der Waals surface area (Å²) in [6.07, 6.45) is 1.38. The number of hydrogen-bond acceptors (Lipinski definition) is 5. The number of nitrogens with one attached hydrogen (secondary N) is 1. The molecule has 0 radical (unpaired) electrons. The summed E-state index contributed by atoms with van der Waals surface area (Å²) in [6, 6.07) is 6.46. The molecule has 1 N–H and O–H groups in total. The van der Waals surface area contributed by atoms with E-state index >= 15 is 0 Å². The average Bonchev–Trinajstić information content (AvgIpc) is 2.81. The van der Waals surface area contributed by atoms with E-state index in [1.165, 1.54) is 12.3 Å². The third-order valence-electron chi connectivity index (χ3n) is 2.37. The minimum absolute atomic E-state index is 0.507. The molecule has 0 atom stereocenters. The standard InChI is InChI=1S/C11H6ClFN4S/c12-7-1-2-8-11(17-18-16-8)10(7)15-6-3-4-14-9(13)5-6/h1-5H,(H,14,15). The molecule has 0 aliphatic rings. The van der Waals surface area contributed by atoms with E-state index in [2.05, 4.69) is 19.0 Å². The summed E-state index contributed by atoms with van der Waals surface area (Å²) in [4.78, 5) is 3.49. The van der Waals surface area contributed by atoms with Crippen molar-refractivity contribution >= 4 is 45.7 Å². The first-order valence-corrected chi connectivity index (χ1v) is 6.14. The van der Waals surface area contributed by atoms with E-state index in [0.29, 0.717) is 21.9 Å². The lowest BCUT2D eigenvalue weighted by Gasteiger charge is -2.08. The Hall–Kier alpha value is -1.79. The van der Waals surface area contributed by atoms with Crippen LogP contribution < -0.4 is 5.32 Å². The van der Waals surface area contributed by atoms with Crippen LogP contribution in [-0.4, -0.2) is 13.7 Å². The lowest BCUT2D eigenvalue weighted by Crippen LogP contribution is -1.94. The molecule has 0 aliphatic heterocycles. The molecule has 0 aliphatic carbocycles. The molecule has 2 heterocycles. The van der Waals surface area contributed by atoms with Gasteiger partial charge < -0.3 is 5.32 Å². The number of benzene rings is 1. The first-order chi connectivity index (χ1) is 8.74. The molecule has 0 amide bonds. The van der Waals surface area contributed by atoms with Crippen LogP contribution >= 0.6 is 23.3 Å². The van der Waals surface area contributed by atoms with Gasteiger partial charge in [0.1, 0.15) is 11.0 Å². The van der Waals surface area contributed by atoms with Crippen molar-refractivity contribution in [2.24, 2.45) is 0 Å². The summed E-state index contributed by atoms with van der Waals surface area (Å²) in [5, 5.41) is 3.54. The maximum absolute atomic E-state index is 13.0. The minimum atomic E-state index is -0.556. The lowest BCUT2D eigenvalue weighted by molar-refractivity contribution is 0.584. The number of halogens is 2. The number of rotatable bonds is 2. The molecule has 1 aromatic carbocycles. The molecule has 0 bridgehead atoms. The summed E-state index contributed by atoms with van der Waals surface area (Å²) >= 11 is 7.22. The normalized spacial score (nSPS) is 10.8. The summed E-state index contributed by atoms with van der Waals surface area (Å²) in [5.41, 5.74) is 2.60. The van der Waals surface area contributed by atoms with Crippen molar-refractivity contribution in [3.63, 3.8) is 0 Å². The van der Waals surface area contributed by atoms with Gasteiger partial charge in [-0.1, -0.05) is 11.6 Å². The van der Waals surface area contributed by atoms with Crippen LogP contribution in [0.2, 0.25) is 5.02 Å². The smallest absolute Gasteiger partial charge is 0.214 e. The Morgan fingerprint density at radius 3 is 2.94 bits per heavy atom. The Kier molecular flexibility index (Phi) is 2.81. The summed E-state index contributed by atoms with van der Waals surface area (Å²) < 4.78 is 21.3. The Bertz CT molecular complexity index is 715. The molecule has 7 heteroatoms. The third kappa shape index (κ3) is 2.00. The van der Waals surface area contributed by atoms with Gasteiger partial charge >= 0.3 is 0 Å². The van der Waals surface area contributed by atoms with Crippen LogP contribution in [-0.2, 0) is 0 Å². The Balaban J connectivity index is 2.09. The molecular weight excluding hydrogens is 275 g/mol. The van der Waals surface area contributed by atoms with Crippen LogP contribution in [0.3, 0.4) is 0 Å². The highest BCUT2D eigenvalue weighted by Gasteiger charge is 2.10. The zero-order valence-electron chi connectivity index (χ0n) is 8.89. The van der Waals surface area contributed by atoms with Gasteiger partial charge in [0.15, 0.2) is 0 Å². The van der Waals surface area contributed by atoms with Crippen molar-refractivity contribution in [3.05, 3.63) is 41.4 Å². The average molecular weight is 281 g/mol. The second kappa shape index (κ2) is 4.47. The molecule has 3 rings (SSSR count). The van der Waals surface area contributed by atoms with E-state index in [9.17, 15) is 4.39 Å². The van der Waals surface area contributed by atoms with Gasteiger partial charge in [-0.15, -0.1) is 0 Å². The van der Waals surface area contributed by atoms with Gasteiger partial charge in [-0.25, -0.2) is 4.98 Å². The molecule has 4 nitrogen and oxygen atoms in total. The number of pyridine rings is 1. The van der Waals surface area contributed by atoms with Crippen LogP contribution in [0, 0.1) is 5.95 Å². The molecule has 0 saturated carbocycles. The molecular formula is C11H6ClFN4S. The second-order valence-corrected chi connectivity index (χ2v) is 4.48. The molecule has 0 unspecified atom stereocenters. The van der Waals surface area contributed by atoms with Crippen molar-refractivity contribution in [2.75, 3.05) is 5.32 Å². The van der Waals surface area contributed by atoms with Gasteiger partial charge in [0, 0.05) is 18.0 Å². The predicted molar refractivity (Wildman–Crippen MR) is 69.9 cm³/mol. The van der Waals surface area contributed by atoms with Crippen LogP contribution in [0.4, 0.5) is 15.8 Å². The minimum Gasteiger partial charge on any atom is -0.352 e. The summed E-state index contributed by atoms with van der Waals surface area (Å²) in [5.74, 6) is -0.556. The quantitative estimate of drug-likeness (QED) is 0.729. The highest BCUT2D eigenvalue weighted by atomic mass is 35.5. The molecule has 0 spiro atoms. The number of anilines is 2. The highest BCUT2D eigenvalue weighted by Crippen LogP contribution is 2.32. The van der Waals surface area contributed by atoms with Gasteiger partial charge in [-0.2, -0.15) is 13.1 Å². The molecule has 18 heavy (non-hydrogen) atoms. The number of aromatic nitrogens is 3. The van der Waals surface area contributed by atoms with Crippen molar-refractivity contribution < 1.29 is 4.39 Å². The lowest BCUT2D eigenvalue weighted by atomic mass is 10.2.